The molecule has 0 spiro atoms. The van der Waals surface area contributed by atoms with Gasteiger partial charge >= 0.3 is 0 Å². The zero-order chi connectivity index (χ0) is 14.2. The highest BCUT2D eigenvalue weighted by molar-refractivity contribution is 6.01. The highest BCUT2D eigenvalue weighted by Gasteiger charge is 2.40. The van der Waals surface area contributed by atoms with Gasteiger partial charge in [-0.1, -0.05) is 11.6 Å². The minimum absolute atomic E-state index is 0.0113. The molecular weight excluding hydrogens is 254 g/mol. The first-order valence-corrected chi connectivity index (χ1v) is 6.97. The summed E-state index contributed by atoms with van der Waals surface area (Å²) in [6.07, 6.45) is 1.33. The van der Waals surface area contributed by atoms with Gasteiger partial charge in [0.25, 0.3) is 0 Å². The molecule has 2 heterocycles. The van der Waals surface area contributed by atoms with Gasteiger partial charge in [-0.3, -0.25) is 4.79 Å². The molecule has 0 atom stereocenters. The third kappa shape index (κ3) is 2.15. The predicted octanol–water partition coefficient (Wildman–Crippen LogP) is 2.68. The molecule has 20 heavy (non-hydrogen) atoms. The minimum atomic E-state index is -0.527. The van der Waals surface area contributed by atoms with Crippen molar-refractivity contribution in [3.05, 3.63) is 35.6 Å². The molecule has 1 fully saturated rings. The van der Waals surface area contributed by atoms with Gasteiger partial charge in [0.05, 0.1) is 5.41 Å². The van der Waals surface area contributed by atoms with Crippen molar-refractivity contribution >= 4 is 16.8 Å². The molecule has 0 aliphatic carbocycles. The lowest BCUT2D eigenvalue weighted by molar-refractivity contribution is 0.0185. The van der Waals surface area contributed by atoms with Crippen molar-refractivity contribution in [1.82, 2.24) is 0 Å². The number of furan rings is 1. The van der Waals surface area contributed by atoms with Gasteiger partial charge in [0, 0.05) is 25.1 Å². The zero-order valence-corrected chi connectivity index (χ0v) is 11.6. The molecule has 106 valence electrons. The van der Waals surface area contributed by atoms with Crippen LogP contribution in [0.25, 0.3) is 11.0 Å². The number of ether oxygens (including phenoxy) is 1. The minimum Gasteiger partial charge on any atom is -0.453 e. The van der Waals surface area contributed by atoms with Gasteiger partial charge in [0.15, 0.2) is 5.76 Å². The first-order valence-electron chi connectivity index (χ1n) is 6.97. The highest BCUT2D eigenvalue weighted by atomic mass is 16.5. The number of rotatable bonds is 3. The number of aryl methyl sites for hydroxylation is 1. The number of ketones is 1. The van der Waals surface area contributed by atoms with Crippen molar-refractivity contribution in [3.8, 4) is 0 Å². The number of hydrogen-bond donors (Lipinski definition) is 1. The molecule has 1 aliphatic heterocycles. The number of nitrogens with two attached hydrogens (primary N) is 1. The monoisotopic (exact) mass is 273 g/mol. The van der Waals surface area contributed by atoms with Crippen molar-refractivity contribution in [2.45, 2.75) is 19.8 Å². The molecular formula is C16H19NO3. The summed E-state index contributed by atoms with van der Waals surface area (Å²) in [5, 5.41) is 0.965. The lowest BCUT2D eigenvalue weighted by atomic mass is 9.75. The molecule has 2 aromatic rings. The van der Waals surface area contributed by atoms with E-state index in [1.54, 1.807) is 0 Å². The molecule has 1 saturated heterocycles. The van der Waals surface area contributed by atoms with Crippen LogP contribution in [0.5, 0.6) is 0 Å². The largest absolute Gasteiger partial charge is 0.453 e. The van der Waals surface area contributed by atoms with Crippen molar-refractivity contribution < 1.29 is 13.9 Å². The van der Waals surface area contributed by atoms with Gasteiger partial charge in [0.2, 0.25) is 5.78 Å². The summed E-state index contributed by atoms with van der Waals surface area (Å²) in [6, 6.07) is 7.74. The molecule has 1 aromatic carbocycles. The number of fused-ring (bicyclic) bond motifs is 1. The average molecular weight is 273 g/mol. The molecule has 0 saturated carbocycles. The summed E-state index contributed by atoms with van der Waals surface area (Å²) in [5.74, 6) is 0.426. The van der Waals surface area contributed by atoms with Crippen LogP contribution in [0, 0.1) is 12.3 Å². The van der Waals surface area contributed by atoms with Crippen LogP contribution in [0.15, 0.2) is 28.7 Å². The predicted molar refractivity (Wildman–Crippen MR) is 76.8 cm³/mol. The fraction of sp³-hybridized carbons (Fsp3) is 0.438. The van der Waals surface area contributed by atoms with E-state index >= 15 is 0 Å². The van der Waals surface area contributed by atoms with Crippen molar-refractivity contribution in [2.75, 3.05) is 19.8 Å². The standard InChI is InChI=1S/C16H19NO3/c1-11-2-3-13-12(8-11)9-14(20-13)15(18)16(10-17)4-6-19-7-5-16/h2-3,8-9H,4-7,10,17H2,1H3. The van der Waals surface area contributed by atoms with Gasteiger partial charge in [-0.2, -0.15) is 0 Å². The van der Waals surface area contributed by atoms with Crippen LogP contribution < -0.4 is 5.73 Å². The first-order chi connectivity index (χ1) is 9.64. The Morgan fingerprint density at radius 2 is 2.05 bits per heavy atom. The Hall–Kier alpha value is -1.65. The van der Waals surface area contributed by atoms with Crippen LogP contribution in [0.4, 0.5) is 0 Å². The summed E-state index contributed by atoms with van der Waals surface area (Å²) in [5.41, 5.74) is 7.25. The van der Waals surface area contributed by atoms with Crippen molar-refractivity contribution in [1.29, 1.82) is 0 Å². The maximum atomic E-state index is 12.8. The van der Waals surface area contributed by atoms with E-state index in [-0.39, 0.29) is 5.78 Å². The molecule has 1 aliphatic rings. The SMILES string of the molecule is Cc1ccc2oc(C(=O)C3(CN)CCOCC3)cc2c1. The zero-order valence-electron chi connectivity index (χ0n) is 11.6. The van der Waals surface area contributed by atoms with Crippen LogP contribution in [0.3, 0.4) is 0 Å². The number of carbonyl (C=O) groups excluding carboxylic acids is 1. The van der Waals surface area contributed by atoms with E-state index in [1.807, 2.05) is 31.2 Å². The second-order valence-corrected chi connectivity index (χ2v) is 5.58. The molecule has 3 rings (SSSR count). The summed E-state index contributed by atoms with van der Waals surface area (Å²) in [6.45, 7) is 3.53. The van der Waals surface area contributed by atoms with Crippen molar-refractivity contribution in [3.63, 3.8) is 0 Å². The maximum absolute atomic E-state index is 12.8. The lowest BCUT2D eigenvalue weighted by Crippen LogP contribution is -2.43. The number of Topliss-reactive ketones (excluding diaryl/α,β-unsaturated/α-hetero) is 1. The number of carbonyl (C=O) groups is 1. The van der Waals surface area contributed by atoms with Crippen LogP contribution in [0.1, 0.15) is 29.0 Å². The molecule has 0 radical (unpaired) electrons. The molecule has 0 amide bonds. The van der Waals surface area contributed by atoms with E-state index in [0.29, 0.717) is 38.4 Å². The normalized spacial score (nSPS) is 18.3. The Bertz CT molecular complexity index is 638. The fourth-order valence-electron chi connectivity index (χ4n) is 2.82. The third-order valence-corrected chi connectivity index (χ3v) is 4.22. The Labute approximate surface area is 117 Å². The quantitative estimate of drug-likeness (QED) is 0.873. The third-order valence-electron chi connectivity index (χ3n) is 4.22. The summed E-state index contributed by atoms with van der Waals surface area (Å²) in [4.78, 5) is 12.8. The van der Waals surface area contributed by atoms with Crippen LogP contribution in [-0.4, -0.2) is 25.5 Å². The summed E-state index contributed by atoms with van der Waals surface area (Å²) in [7, 11) is 0. The Morgan fingerprint density at radius 1 is 1.30 bits per heavy atom. The second kappa shape index (κ2) is 5.04. The van der Waals surface area contributed by atoms with Crippen LogP contribution >= 0.6 is 0 Å². The summed E-state index contributed by atoms with van der Waals surface area (Å²) < 4.78 is 11.1. The summed E-state index contributed by atoms with van der Waals surface area (Å²) >= 11 is 0. The van der Waals surface area contributed by atoms with Crippen LogP contribution in [-0.2, 0) is 4.74 Å². The molecule has 2 N–H and O–H groups in total. The lowest BCUT2D eigenvalue weighted by Gasteiger charge is -2.33. The van der Waals surface area contributed by atoms with Crippen LogP contribution in [0.2, 0.25) is 0 Å². The number of hydrogen-bond acceptors (Lipinski definition) is 4. The van der Waals surface area contributed by atoms with Crippen molar-refractivity contribution in [2.24, 2.45) is 11.1 Å². The Balaban J connectivity index is 1.98. The van der Waals surface area contributed by atoms with E-state index in [4.69, 9.17) is 14.9 Å². The first kappa shape index (κ1) is 13.3. The maximum Gasteiger partial charge on any atom is 0.205 e. The molecule has 0 unspecified atom stereocenters. The van der Waals surface area contributed by atoms with Gasteiger partial charge in [-0.05, 0) is 38.0 Å². The number of benzene rings is 1. The molecule has 4 nitrogen and oxygen atoms in total. The van der Waals surface area contributed by atoms with E-state index in [0.717, 1.165) is 16.5 Å². The van der Waals surface area contributed by atoms with E-state index < -0.39 is 5.41 Å². The Morgan fingerprint density at radius 3 is 2.75 bits per heavy atom. The molecule has 0 bridgehead atoms. The van der Waals surface area contributed by atoms with Gasteiger partial charge in [-0.25, -0.2) is 0 Å². The van der Waals surface area contributed by atoms with E-state index in [9.17, 15) is 4.79 Å². The van der Waals surface area contributed by atoms with E-state index in [2.05, 4.69) is 0 Å². The highest BCUT2D eigenvalue weighted by Crippen LogP contribution is 2.35. The second-order valence-electron chi connectivity index (χ2n) is 5.58. The van der Waals surface area contributed by atoms with E-state index in [1.165, 1.54) is 0 Å². The van der Waals surface area contributed by atoms with Gasteiger partial charge < -0.3 is 14.9 Å². The average Bonchev–Trinajstić information content (AvgIpc) is 2.90. The topological polar surface area (TPSA) is 65.5 Å². The molecule has 4 heteroatoms. The fourth-order valence-corrected chi connectivity index (χ4v) is 2.82. The Kier molecular flexibility index (Phi) is 3.36. The smallest absolute Gasteiger partial charge is 0.205 e. The van der Waals surface area contributed by atoms with Gasteiger partial charge in [-0.15, -0.1) is 0 Å². The molecule has 1 aromatic heterocycles. The van der Waals surface area contributed by atoms with Gasteiger partial charge in [0.1, 0.15) is 5.58 Å².